The molecule has 0 aliphatic carbocycles. The number of nitrogens with two attached hydrogens (primary N) is 2. The van der Waals surface area contributed by atoms with Crippen molar-refractivity contribution in [1.29, 1.82) is 0 Å². The minimum absolute atomic E-state index is 0. The molecular weight excluding hydrogens is 406 g/mol. The van der Waals surface area contributed by atoms with Crippen molar-refractivity contribution >= 4 is 40.7 Å². The van der Waals surface area contributed by atoms with Crippen LogP contribution in [-0.4, -0.2) is 37.7 Å². The summed E-state index contributed by atoms with van der Waals surface area (Å²) < 4.78 is 0. The monoisotopic (exact) mass is 422 g/mol. The van der Waals surface area contributed by atoms with Gasteiger partial charge in [0, 0.05) is 18.3 Å². The third kappa shape index (κ3) is 5.45. The van der Waals surface area contributed by atoms with Gasteiger partial charge in [0.15, 0.2) is 17.0 Å². The second-order valence-corrected chi connectivity index (χ2v) is 6.79. The number of Topliss-reactive ketones (excluding diaryl/α,β-unsaturated/α-hetero) is 1. The Hall–Kier alpha value is -2.96. The van der Waals surface area contributed by atoms with Crippen molar-refractivity contribution in [2.45, 2.75) is 25.2 Å². The normalized spacial score (nSPS) is 12.2. The maximum absolute atomic E-state index is 12.2. The van der Waals surface area contributed by atoms with Gasteiger partial charge in [0.25, 0.3) is 0 Å². The van der Waals surface area contributed by atoms with Crippen molar-refractivity contribution in [3.63, 3.8) is 0 Å². The van der Waals surface area contributed by atoms with E-state index in [0.717, 1.165) is 0 Å². The molecule has 1 unspecified atom stereocenters. The molecule has 3 aromatic rings. The molecule has 3 rings (SSSR count). The minimum atomic E-state index is -1.82. The van der Waals surface area contributed by atoms with Crippen molar-refractivity contribution in [2.24, 2.45) is 0 Å². The predicted molar refractivity (Wildman–Crippen MR) is 100 cm³/mol. The molecule has 4 N–H and O–H groups in total. The van der Waals surface area contributed by atoms with Crippen LogP contribution in [0.1, 0.15) is 35.0 Å². The third-order valence-electron chi connectivity index (χ3n) is 4.60. The first-order chi connectivity index (χ1) is 14.1. The predicted octanol–water partition coefficient (Wildman–Crippen LogP) is -7.83. The molecule has 0 spiro atoms. The van der Waals surface area contributed by atoms with Gasteiger partial charge in [-0.3, -0.25) is 4.79 Å². The summed E-state index contributed by atoms with van der Waals surface area (Å²) in [6.45, 7) is 1.24. The summed E-state index contributed by atoms with van der Waals surface area (Å²) in [4.78, 5) is 51.3. The van der Waals surface area contributed by atoms with Crippen LogP contribution < -0.4 is 59.4 Å². The van der Waals surface area contributed by atoms with Crippen LogP contribution in [0.25, 0.3) is 11.2 Å². The maximum atomic E-state index is 12.2. The fourth-order valence-electron chi connectivity index (χ4n) is 3.26. The number of ketones is 1. The van der Waals surface area contributed by atoms with E-state index in [1.54, 1.807) is 0 Å². The van der Waals surface area contributed by atoms with Crippen LogP contribution in [0.2, 0.25) is 0 Å². The Labute approximate surface area is 206 Å². The molecule has 13 heteroatoms. The van der Waals surface area contributed by atoms with Crippen molar-refractivity contribution in [3.8, 4) is 0 Å². The molecule has 2 heterocycles. The number of aromatic nitrogens is 4. The number of anilines is 2. The van der Waals surface area contributed by atoms with E-state index in [1.165, 1.54) is 37.4 Å². The van der Waals surface area contributed by atoms with Gasteiger partial charge in [-0.2, -0.15) is 9.97 Å². The first-order valence-corrected chi connectivity index (χ1v) is 8.70. The first-order valence-electron chi connectivity index (χ1n) is 8.70. The fourth-order valence-corrected chi connectivity index (χ4v) is 3.26. The van der Waals surface area contributed by atoms with E-state index in [2.05, 4.69) is 19.9 Å². The quantitative estimate of drug-likeness (QED) is 0.342. The number of hydrogen-bond acceptors (Lipinski definition) is 11. The Balaban J connectivity index is 0.00000256. The Morgan fingerprint density at radius 3 is 2.16 bits per heavy atom. The number of hydrogen-bond donors (Lipinski definition) is 2. The van der Waals surface area contributed by atoms with Crippen LogP contribution in [0.4, 0.5) is 11.8 Å². The molecule has 1 atom stereocenters. The largest absolute Gasteiger partial charge is 1.00 e. The molecule has 11 nitrogen and oxygen atoms in total. The number of carboxylic acids is 2. The Morgan fingerprint density at radius 2 is 1.62 bits per heavy atom. The van der Waals surface area contributed by atoms with Crippen LogP contribution in [0, 0.1) is 0 Å². The maximum Gasteiger partial charge on any atom is 1.00 e. The molecule has 0 radical (unpaired) electrons. The topological polar surface area (TPSA) is 201 Å². The standard InChI is InChI=1S/C19H18N6O5.2Li/c1-9(26)6-19(17(29)30,11-4-2-10(3-5-11)16(27)28)7-12-8-22-15-13(23-12)14(20)24-18(21)25-15;;/h2-5,8H,6-7H2,1H3,(H,27,28)(H,29,30)(H4,20,21,22,24,25);;/q;2*+1/p-2. The molecule has 0 saturated carbocycles. The van der Waals surface area contributed by atoms with E-state index in [1.807, 2.05) is 0 Å². The van der Waals surface area contributed by atoms with Crippen molar-refractivity contribution in [2.75, 3.05) is 11.5 Å². The smallest absolute Gasteiger partial charge is 0.549 e. The van der Waals surface area contributed by atoms with Crippen LogP contribution >= 0.6 is 0 Å². The molecule has 32 heavy (non-hydrogen) atoms. The van der Waals surface area contributed by atoms with Crippen LogP contribution in [0.3, 0.4) is 0 Å². The number of aromatic carboxylic acids is 1. The van der Waals surface area contributed by atoms with E-state index in [4.69, 9.17) is 11.5 Å². The van der Waals surface area contributed by atoms with Crippen molar-refractivity contribution < 1.29 is 62.3 Å². The summed E-state index contributed by atoms with van der Waals surface area (Å²) >= 11 is 0. The zero-order chi connectivity index (χ0) is 22.1. The average molecular weight is 422 g/mol. The summed E-state index contributed by atoms with van der Waals surface area (Å²) in [5, 5.41) is 23.2. The molecule has 0 aliphatic heterocycles. The van der Waals surface area contributed by atoms with Gasteiger partial charge in [-0.15, -0.1) is 0 Å². The molecule has 1 aromatic carbocycles. The number of fused-ring (bicyclic) bond motifs is 1. The Morgan fingerprint density at radius 1 is 1.00 bits per heavy atom. The second-order valence-electron chi connectivity index (χ2n) is 6.79. The second kappa shape index (κ2) is 10.6. The molecule has 154 valence electrons. The fraction of sp³-hybridized carbons (Fsp3) is 0.211. The van der Waals surface area contributed by atoms with E-state index >= 15 is 0 Å². The summed E-state index contributed by atoms with van der Waals surface area (Å²) in [5.41, 5.74) is 10.0. The summed E-state index contributed by atoms with van der Waals surface area (Å²) in [5.74, 6) is -3.47. The summed E-state index contributed by atoms with van der Waals surface area (Å²) in [7, 11) is 0. The SMILES string of the molecule is CC(=O)CC(Cc1cnc2nc(N)nc(N)c2n1)(C(=O)[O-])c1ccc(C(=O)[O-])cc1.[Li+].[Li+]. The van der Waals surface area contributed by atoms with E-state index in [-0.39, 0.29) is 83.9 Å². The van der Waals surface area contributed by atoms with Gasteiger partial charge < -0.3 is 31.3 Å². The van der Waals surface area contributed by atoms with Crippen LogP contribution in [0.15, 0.2) is 30.5 Å². The molecule has 0 bridgehead atoms. The van der Waals surface area contributed by atoms with E-state index in [0.29, 0.717) is 0 Å². The number of carbonyl (C=O) groups is 3. The van der Waals surface area contributed by atoms with Gasteiger partial charge in [0.05, 0.1) is 23.8 Å². The molecule has 0 aliphatic rings. The number of carbonyl (C=O) groups excluding carboxylic acids is 3. The first kappa shape index (κ1) is 27.1. The zero-order valence-corrected chi connectivity index (χ0v) is 17.8. The van der Waals surface area contributed by atoms with Crippen LogP contribution in [-0.2, 0) is 21.4 Å². The number of nitrogen functional groups attached to an aromatic ring is 2. The Kier molecular flexibility index (Phi) is 8.95. The van der Waals surface area contributed by atoms with Crippen molar-refractivity contribution in [1.82, 2.24) is 19.9 Å². The zero-order valence-electron chi connectivity index (χ0n) is 17.8. The van der Waals surface area contributed by atoms with Gasteiger partial charge in [-0.25, -0.2) is 9.97 Å². The number of benzene rings is 1. The van der Waals surface area contributed by atoms with Gasteiger partial charge in [-0.05, 0) is 18.1 Å². The number of nitrogens with zero attached hydrogens (tertiary/aromatic N) is 4. The number of rotatable bonds is 7. The summed E-state index contributed by atoms with van der Waals surface area (Å²) in [6.07, 6.45) is 0.612. The van der Waals surface area contributed by atoms with Gasteiger partial charge in [0.1, 0.15) is 5.78 Å². The van der Waals surface area contributed by atoms with Crippen molar-refractivity contribution in [3.05, 3.63) is 47.3 Å². The molecule has 0 amide bonds. The third-order valence-corrected chi connectivity index (χ3v) is 4.60. The minimum Gasteiger partial charge on any atom is -0.549 e. The van der Waals surface area contributed by atoms with Crippen LogP contribution in [0.5, 0.6) is 0 Å². The summed E-state index contributed by atoms with van der Waals surface area (Å²) in [6, 6.07) is 5.00. The Bertz CT molecular complexity index is 1170. The number of aliphatic carboxylic acids is 1. The van der Waals surface area contributed by atoms with Gasteiger partial charge in [-0.1, -0.05) is 24.3 Å². The van der Waals surface area contributed by atoms with Gasteiger partial charge >= 0.3 is 37.7 Å². The molecule has 2 aromatic heterocycles. The van der Waals surface area contributed by atoms with Gasteiger partial charge in [0.2, 0.25) is 5.95 Å². The number of carboxylic acid groups (broad SMARTS) is 2. The molecule has 0 saturated heterocycles. The van der Waals surface area contributed by atoms with E-state index < -0.39 is 29.6 Å². The molecule has 0 fully saturated rings. The molecular formula is C19H16Li2N6O5. The van der Waals surface area contributed by atoms with E-state index in [9.17, 15) is 24.6 Å². The average Bonchev–Trinajstić information content (AvgIpc) is 2.67.